The van der Waals surface area contributed by atoms with Crippen LogP contribution in [0.15, 0.2) is 6.33 Å². The van der Waals surface area contributed by atoms with Gasteiger partial charge in [0.25, 0.3) is 0 Å². The van der Waals surface area contributed by atoms with Gasteiger partial charge in [0.05, 0.1) is 0 Å². The number of nitrogens with zero attached hydrogens (tertiary/aromatic N) is 5. The minimum Gasteiger partial charge on any atom is -0.365 e. The smallest absolute Gasteiger partial charge is 0.183 e. The van der Waals surface area contributed by atoms with E-state index in [4.69, 9.17) is 0 Å². The van der Waals surface area contributed by atoms with E-state index >= 15 is 0 Å². The third-order valence-electron chi connectivity index (χ3n) is 3.33. The van der Waals surface area contributed by atoms with E-state index in [1.807, 2.05) is 7.05 Å². The Labute approximate surface area is 99.4 Å². The summed E-state index contributed by atoms with van der Waals surface area (Å²) in [6.45, 7) is 0. The molecule has 1 aliphatic carbocycles. The van der Waals surface area contributed by atoms with Crippen LogP contribution in [0.1, 0.15) is 32.1 Å². The molecule has 6 nitrogen and oxygen atoms in total. The minimum absolute atomic E-state index is 0.517. The lowest BCUT2D eigenvalue weighted by molar-refractivity contribution is 0.462. The van der Waals surface area contributed by atoms with Crippen LogP contribution in [0.3, 0.4) is 0 Å². The van der Waals surface area contributed by atoms with E-state index in [1.165, 1.54) is 32.1 Å². The monoisotopic (exact) mass is 232 g/mol. The molecule has 0 radical (unpaired) electrons. The molecule has 2 aromatic rings. The maximum absolute atomic E-state index is 4.28. The van der Waals surface area contributed by atoms with Crippen molar-refractivity contribution in [2.45, 2.75) is 38.1 Å². The topological polar surface area (TPSA) is 68.5 Å². The van der Waals surface area contributed by atoms with Crippen molar-refractivity contribution in [3.05, 3.63) is 6.33 Å². The Morgan fingerprint density at radius 2 is 2.06 bits per heavy atom. The van der Waals surface area contributed by atoms with Gasteiger partial charge >= 0.3 is 0 Å². The predicted molar refractivity (Wildman–Crippen MR) is 64.6 cm³/mol. The zero-order valence-corrected chi connectivity index (χ0v) is 9.93. The van der Waals surface area contributed by atoms with Crippen LogP contribution in [0.2, 0.25) is 0 Å². The van der Waals surface area contributed by atoms with Gasteiger partial charge in [0.2, 0.25) is 0 Å². The van der Waals surface area contributed by atoms with Crippen LogP contribution in [0.25, 0.3) is 11.2 Å². The fourth-order valence-corrected chi connectivity index (χ4v) is 2.40. The average Bonchev–Trinajstić information content (AvgIpc) is 2.74. The summed E-state index contributed by atoms with van der Waals surface area (Å²) >= 11 is 0. The second kappa shape index (κ2) is 4.27. The molecule has 1 fully saturated rings. The maximum atomic E-state index is 4.28. The lowest BCUT2D eigenvalue weighted by Crippen LogP contribution is -2.23. The van der Waals surface area contributed by atoms with Crippen molar-refractivity contribution in [3.63, 3.8) is 0 Å². The highest BCUT2D eigenvalue weighted by atomic mass is 15.4. The van der Waals surface area contributed by atoms with Crippen LogP contribution in [0.5, 0.6) is 0 Å². The number of nitrogens with one attached hydrogen (secondary N) is 1. The highest BCUT2D eigenvalue weighted by Crippen LogP contribution is 2.23. The van der Waals surface area contributed by atoms with Crippen molar-refractivity contribution in [1.82, 2.24) is 25.0 Å². The largest absolute Gasteiger partial charge is 0.365 e. The molecule has 90 valence electrons. The molecule has 0 saturated heterocycles. The molecule has 2 heterocycles. The van der Waals surface area contributed by atoms with Gasteiger partial charge in [-0.3, -0.25) is 0 Å². The van der Waals surface area contributed by atoms with Crippen LogP contribution in [-0.2, 0) is 7.05 Å². The molecular formula is C11H16N6. The first-order valence-electron chi connectivity index (χ1n) is 6.11. The standard InChI is InChI=1S/C11H16N6/c1-17-11-9(15-16-17)10(12-7-13-11)14-8-5-3-2-4-6-8/h7-8H,2-6H2,1H3,(H,12,13,14). The Kier molecular flexibility index (Phi) is 2.62. The number of anilines is 1. The molecule has 0 aromatic carbocycles. The zero-order valence-electron chi connectivity index (χ0n) is 9.93. The van der Waals surface area contributed by atoms with Gasteiger partial charge in [-0.05, 0) is 12.8 Å². The Morgan fingerprint density at radius 3 is 2.88 bits per heavy atom. The summed E-state index contributed by atoms with van der Waals surface area (Å²) in [5.74, 6) is 0.815. The summed E-state index contributed by atoms with van der Waals surface area (Å²) in [5, 5.41) is 11.6. The lowest BCUT2D eigenvalue weighted by Gasteiger charge is -2.23. The predicted octanol–water partition coefficient (Wildman–Crippen LogP) is 1.50. The van der Waals surface area contributed by atoms with Crippen molar-refractivity contribution < 1.29 is 0 Å². The summed E-state index contributed by atoms with van der Waals surface area (Å²) in [7, 11) is 1.84. The number of aryl methyl sites for hydroxylation is 1. The van der Waals surface area contributed by atoms with Crippen molar-refractivity contribution >= 4 is 17.0 Å². The van der Waals surface area contributed by atoms with Gasteiger partial charge in [0.15, 0.2) is 17.0 Å². The van der Waals surface area contributed by atoms with Crippen LogP contribution in [0.4, 0.5) is 5.82 Å². The fourth-order valence-electron chi connectivity index (χ4n) is 2.40. The van der Waals surface area contributed by atoms with E-state index in [0.29, 0.717) is 6.04 Å². The van der Waals surface area contributed by atoms with E-state index in [1.54, 1.807) is 11.0 Å². The van der Waals surface area contributed by atoms with Crippen molar-refractivity contribution in [3.8, 4) is 0 Å². The molecule has 0 amide bonds. The van der Waals surface area contributed by atoms with E-state index in [2.05, 4.69) is 25.6 Å². The molecule has 2 aromatic heterocycles. The summed E-state index contributed by atoms with van der Waals surface area (Å²) in [6.07, 6.45) is 7.94. The van der Waals surface area contributed by atoms with Gasteiger partial charge < -0.3 is 5.32 Å². The SMILES string of the molecule is Cn1nnc2c(NC3CCCCC3)ncnc21. The van der Waals surface area contributed by atoms with Crippen LogP contribution < -0.4 is 5.32 Å². The van der Waals surface area contributed by atoms with Gasteiger partial charge in [-0.25, -0.2) is 14.6 Å². The number of aromatic nitrogens is 5. The van der Waals surface area contributed by atoms with Crippen LogP contribution in [0, 0.1) is 0 Å². The number of fused-ring (bicyclic) bond motifs is 1. The van der Waals surface area contributed by atoms with Gasteiger partial charge in [0.1, 0.15) is 6.33 Å². The normalized spacial score (nSPS) is 17.5. The number of rotatable bonds is 2. The first-order valence-corrected chi connectivity index (χ1v) is 6.11. The quantitative estimate of drug-likeness (QED) is 0.849. The molecule has 0 atom stereocenters. The van der Waals surface area contributed by atoms with E-state index in [-0.39, 0.29) is 0 Å². The maximum Gasteiger partial charge on any atom is 0.183 e. The van der Waals surface area contributed by atoms with Gasteiger partial charge in [-0.2, -0.15) is 0 Å². The van der Waals surface area contributed by atoms with E-state index in [9.17, 15) is 0 Å². The number of hydrogen-bond acceptors (Lipinski definition) is 5. The van der Waals surface area contributed by atoms with Gasteiger partial charge in [0, 0.05) is 13.1 Å². The molecule has 0 aliphatic heterocycles. The Hall–Kier alpha value is -1.72. The van der Waals surface area contributed by atoms with Gasteiger partial charge in [-0.15, -0.1) is 5.10 Å². The molecule has 3 rings (SSSR count). The van der Waals surface area contributed by atoms with Gasteiger partial charge in [-0.1, -0.05) is 24.5 Å². The van der Waals surface area contributed by atoms with Crippen molar-refractivity contribution in [1.29, 1.82) is 0 Å². The first kappa shape index (κ1) is 10.4. The third-order valence-corrected chi connectivity index (χ3v) is 3.33. The summed E-state index contributed by atoms with van der Waals surface area (Å²) in [4.78, 5) is 8.46. The highest BCUT2D eigenvalue weighted by Gasteiger charge is 2.16. The second-order valence-corrected chi connectivity index (χ2v) is 4.59. The fraction of sp³-hybridized carbons (Fsp3) is 0.636. The molecule has 17 heavy (non-hydrogen) atoms. The zero-order chi connectivity index (χ0) is 11.7. The van der Waals surface area contributed by atoms with Crippen molar-refractivity contribution in [2.75, 3.05) is 5.32 Å². The minimum atomic E-state index is 0.517. The lowest BCUT2D eigenvalue weighted by atomic mass is 9.95. The summed E-state index contributed by atoms with van der Waals surface area (Å²) in [5.41, 5.74) is 1.54. The third kappa shape index (κ3) is 1.94. The molecule has 6 heteroatoms. The number of hydrogen-bond donors (Lipinski definition) is 1. The molecule has 0 bridgehead atoms. The van der Waals surface area contributed by atoms with Crippen molar-refractivity contribution in [2.24, 2.45) is 7.05 Å². The summed E-state index contributed by atoms with van der Waals surface area (Å²) in [6, 6.07) is 0.517. The molecule has 1 saturated carbocycles. The van der Waals surface area contributed by atoms with Crippen LogP contribution in [-0.4, -0.2) is 31.0 Å². The first-order chi connectivity index (χ1) is 8.34. The molecule has 0 spiro atoms. The molecule has 1 aliphatic rings. The van der Waals surface area contributed by atoms with E-state index < -0.39 is 0 Å². The average molecular weight is 232 g/mol. The molecule has 0 unspecified atom stereocenters. The van der Waals surface area contributed by atoms with Crippen LogP contribution >= 0.6 is 0 Å². The molecular weight excluding hydrogens is 216 g/mol. The Bertz CT molecular complexity index is 514. The summed E-state index contributed by atoms with van der Waals surface area (Å²) < 4.78 is 1.67. The Balaban J connectivity index is 1.89. The highest BCUT2D eigenvalue weighted by molar-refractivity contribution is 5.81. The molecule has 1 N–H and O–H groups in total. The Morgan fingerprint density at radius 1 is 1.24 bits per heavy atom. The van der Waals surface area contributed by atoms with E-state index in [0.717, 1.165) is 17.0 Å². The second-order valence-electron chi connectivity index (χ2n) is 4.59.